The van der Waals surface area contributed by atoms with Crippen LogP contribution < -0.4 is 10.2 Å². The van der Waals surface area contributed by atoms with Crippen LogP contribution in [-0.2, 0) is 13.6 Å². The average Bonchev–Trinajstić information content (AvgIpc) is 2.74. The Morgan fingerprint density at radius 3 is 2.95 bits per heavy atom. The van der Waals surface area contributed by atoms with Crippen molar-refractivity contribution in [1.82, 2.24) is 9.55 Å². The topological polar surface area (TPSA) is 33.1 Å². The summed E-state index contributed by atoms with van der Waals surface area (Å²) in [6.45, 7) is 3.92. The van der Waals surface area contributed by atoms with Crippen molar-refractivity contribution in [1.29, 1.82) is 0 Å². The van der Waals surface area contributed by atoms with Crippen molar-refractivity contribution in [2.45, 2.75) is 19.5 Å². The molecule has 1 unspecified atom stereocenters. The number of anilines is 2. The Morgan fingerprint density at radius 1 is 1.42 bits per heavy atom. The molecule has 19 heavy (non-hydrogen) atoms. The molecule has 3 rings (SSSR count). The largest absolute Gasteiger partial charge is 0.381 e. The summed E-state index contributed by atoms with van der Waals surface area (Å²) in [6, 6.07) is 8.79. The molecule has 1 aliphatic rings. The molecule has 1 aromatic heterocycles. The summed E-state index contributed by atoms with van der Waals surface area (Å²) in [5.74, 6) is 0.980. The van der Waals surface area contributed by atoms with Crippen LogP contribution in [-0.4, -0.2) is 22.1 Å². The van der Waals surface area contributed by atoms with Crippen LogP contribution in [0.25, 0.3) is 0 Å². The maximum atomic E-state index is 6.05. The van der Waals surface area contributed by atoms with E-state index in [0.717, 1.165) is 18.9 Å². The number of nitrogens with one attached hydrogen (secondary N) is 1. The summed E-state index contributed by atoms with van der Waals surface area (Å²) in [5, 5.41) is 4.13. The van der Waals surface area contributed by atoms with E-state index in [0.29, 0.717) is 11.2 Å². The van der Waals surface area contributed by atoms with Gasteiger partial charge in [0.05, 0.1) is 24.1 Å². The number of imidazole rings is 1. The Morgan fingerprint density at radius 2 is 2.21 bits per heavy atom. The Hall–Kier alpha value is -1.68. The van der Waals surface area contributed by atoms with Crippen LogP contribution in [0.3, 0.4) is 0 Å². The molecular weight excluding hydrogens is 260 g/mol. The molecule has 0 saturated heterocycles. The highest BCUT2D eigenvalue weighted by Crippen LogP contribution is 2.32. The van der Waals surface area contributed by atoms with Gasteiger partial charge in [0.15, 0.2) is 0 Å². The zero-order valence-corrected chi connectivity index (χ0v) is 11.9. The zero-order chi connectivity index (χ0) is 13.4. The lowest BCUT2D eigenvalue weighted by atomic mass is 10.1. The number of benzene rings is 1. The summed E-state index contributed by atoms with van der Waals surface area (Å²) >= 11 is 6.05. The first-order chi connectivity index (χ1) is 9.16. The highest BCUT2D eigenvalue weighted by molar-refractivity contribution is 6.29. The van der Waals surface area contributed by atoms with Gasteiger partial charge in [0.1, 0.15) is 11.0 Å². The first-order valence-electron chi connectivity index (χ1n) is 6.42. The summed E-state index contributed by atoms with van der Waals surface area (Å²) in [6.07, 6.45) is 1.70. The van der Waals surface area contributed by atoms with Crippen LogP contribution in [0.15, 0.2) is 30.5 Å². The van der Waals surface area contributed by atoms with Gasteiger partial charge < -0.3 is 14.8 Å². The third-order valence-corrected chi connectivity index (χ3v) is 4.02. The summed E-state index contributed by atoms with van der Waals surface area (Å²) < 4.78 is 1.93. The number of halogens is 1. The minimum atomic E-state index is 0.422. The molecule has 0 spiro atoms. The van der Waals surface area contributed by atoms with E-state index in [4.69, 9.17) is 11.6 Å². The molecule has 0 saturated carbocycles. The van der Waals surface area contributed by atoms with E-state index in [-0.39, 0.29) is 0 Å². The average molecular weight is 277 g/mol. The first kappa shape index (κ1) is 12.4. The molecule has 100 valence electrons. The van der Waals surface area contributed by atoms with Gasteiger partial charge in [-0.3, -0.25) is 0 Å². The molecule has 2 heterocycles. The number of fused-ring (bicyclic) bond motifs is 1. The second-order valence-electron chi connectivity index (χ2n) is 4.93. The van der Waals surface area contributed by atoms with E-state index in [1.807, 2.05) is 11.6 Å². The highest BCUT2D eigenvalue weighted by atomic mass is 35.5. The quantitative estimate of drug-likeness (QED) is 0.916. The van der Waals surface area contributed by atoms with Gasteiger partial charge in [-0.1, -0.05) is 23.7 Å². The predicted octanol–water partition coefficient (Wildman–Crippen LogP) is 2.89. The van der Waals surface area contributed by atoms with E-state index in [9.17, 15) is 0 Å². The molecule has 1 atom stereocenters. The molecule has 2 aromatic rings. The number of hydrogen-bond donors (Lipinski definition) is 1. The Bertz CT molecular complexity index is 593. The minimum Gasteiger partial charge on any atom is -0.381 e. The van der Waals surface area contributed by atoms with E-state index in [1.54, 1.807) is 6.20 Å². The Kier molecular flexibility index (Phi) is 3.11. The van der Waals surface area contributed by atoms with Crippen LogP contribution in [0.5, 0.6) is 0 Å². The molecule has 4 nitrogen and oxygen atoms in total. The standard InChI is InChI=1S/C14H17ClN4/c1-10-7-16-11-5-3-4-6-12(11)19(10)9-14-17-8-13(15)18(14)2/h3-6,8,10,16H,7,9H2,1-2H3. The SMILES string of the molecule is CC1CNc2ccccc2N1Cc1ncc(Cl)n1C. The number of nitrogens with zero attached hydrogens (tertiary/aromatic N) is 3. The lowest BCUT2D eigenvalue weighted by Gasteiger charge is -2.37. The van der Waals surface area contributed by atoms with E-state index < -0.39 is 0 Å². The van der Waals surface area contributed by atoms with Gasteiger partial charge in [-0.15, -0.1) is 0 Å². The van der Waals surface area contributed by atoms with Crippen molar-refractivity contribution in [3.63, 3.8) is 0 Å². The predicted molar refractivity (Wildman–Crippen MR) is 78.8 cm³/mol. The molecular formula is C14H17ClN4. The van der Waals surface area contributed by atoms with Crippen LogP contribution in [0.4, 0.5) is 11.4 Å². The van der Waals surface area contributed by atoms with E-state index in [1.165, 1.54) is 11.4 Å². The maximum absolute atomic E-state index is 6.05. The number of hydrogen-bond acceptors (Lipinski definition) is 3. The van der Waals surface area contributed by atoms with Crippen molar-refractivity contribution in [3.05, 3.63) is 41.4 Å². The molecule has 0 aliphatic carbocycles. The molecule has 0 radical (unpaired) electrons. The van der Waals surface area contributed by atoms with Gasteiger partial charge in [0.2, 0.25) is 0 Å². The van der Waals surface area contributed by atoms with Crippen LogP contribution in [0, 0.1) is 0 Å². The van der Waals surface area contributed by atoms with Gasteiger partial charge in [0, 0.05) is 19.6 Å². The fourth-order valence-corrected chi connectivity index (χ4v) is 2.59. The normalized spacial score (nSPS) is 18.1. The lowest BCUT2D eigenvalue weighted by molar-refractivity contribution is 0.614. The van der Waals surface area contributed by atoms with Crippen LogP contribution in [0.1, 0.15) is 12.7 Å². The molecule has 5 heteroatoms. The molecule has 1 N–H and O–H groups in total. The van der Waals surface area contributed by atoms with E-state index >= 15 is 0 Å². The van der Waals surface area contributed by atoms with Crippen LogP contribution >= 0.6 is 11.6 Å². The number of aromatic nitrogens is 2. The van der Waals surface area contributed by atoms with Crippen molar-refractivity contribution < 1.29 is 0 Å². The monoisotopic (exact) mass is 276 g/mol. The van der Waals surface area contributed by atoms with Crippen LogP contribution in [0.2, 0.25) is 5.15 Å². The summed E-state index contributed by atoms with van der Waals surface area (Å²) in [5.41, 5.74) is 2.40. The van der Waals surface area contributed by atoms with Gasteiger partial charge in [-0.05, 0) is 19.1 Å². The third-order valence-electron chi connectivity index (χ3n) is 3.67. The maximum Gasteiger partial charge on any atom is 0.129 e. The van der Waals surface area contributed by atoms with Crippen molar-refractivity contribution >= 4 is 23.0 Å². The second kappa shape index (κ2) is 4.78. The van der Waals surface area contributed by atoms with Gasteiger partial charge in [-0.2, -0.15) is 0 Å². The molecule has 0 bridgehead atoms. The highest BCUT2D eigenvalue weighted by Gasteiger charge is 2.23. The van der Waals surface area contributed by atoms with Crippen molar-refractivity contribution in [2.75, 3.05) is 16.8 Å². The molecule has 1 aliphatic heterocycles. The number of rotatable bonds is 2. The smallest absolute Gasteiger partial charge is 0.129 e. The lowest BCUT2D eigenvalue weighted by Crippen LogP contribution is -2.42. The molecule has 1 aromatic carbocycles. The minimum absolute atomic E-state index is 0.422. The second-order valence-corrected chi connectivity index (χ2v) is 5.32. The third kappa shape index (κ3) is 2.16. The first-order valence-corrected chi connectivity index (χ1v) is 6.80. The fourth-order valence-electron chi connectivity index (χ4n) is 2.44. The molecule has 0 fully saturated rings. The Labute approximate surface area is 118 Å². The van der Waals surface area contributed by atoms with Gasteiger partial charge in [0.25, 0.3) is 0 Å². The van der Waals surface area contributed by atoms with Gasteiger partial charge >= 0.3 is 0 Å². The Balaban J connectivity index is 1.94. The zero-order valence-electron chi connectivity index (χ0n) is 11.1. The van der Waals surface area contributed by atoms with Crippen molar-refractivity contribution in [2.24, 2.45) is 7.05 Å². The molecule has 0 amide bonds. The summed E-state index contributed by atoms with van der Waals surface area (Å²) in [7, 11) is 1.95. The summed E-state index contributed by atoms with van der Waals surface area (Å²) in [4.78, 5) is 6.75. The number of para-hydroxylation sites is 2. The van der Waals surface area contributed by atoms with Crippen molar-refractivity contribution in [3.8, 4) is 0 Å². The van der Waals surface area contributed by atoms with E-state index in [2.05, 4.69) is 46.4 Å². The van der Waals surface area contributed by atoms with Gasteiger partial charge in [-0.25, -0.2) is 4.98 Å². The fraction of sp³-hybridized carbons (Fsp3) is 0.357.